The molecule has 0 atom stereocenters. The van der Waals surface area contributed by atoms with Crippen LogP contribution in [0.15, 0.2) is 99.2 Å². The number of para-hydroxylation sites is 2. The molecular weight excluding hydrogens is 775 g/mol. The van der Waals surface area contributed by atoms with Gasteiger partial charge in [-0.25, -0.2) is 4.98 Å². The van der Waals surface area contributed by atoms with Gasteiger partial charge in [0.1, 0.15) is 17.9 Å². The molecule has 10 heteroatoms. The molecule has 6 rings (SSSR count). The van der Waals surface area contributed by atoms with Crippen molar-refractivity contribution in [3.05, 3.63) is 124 Å². The van der Waals surface area contributed by atoms with E-state index in [2.05, 4.69) is 50.3 Å². The van der Waals surface area contributed by atoms with Gasteiger partial charge in [-0.1, -0.05) is 59.6 Å². The van der Waals surface area contributed by atoms with Gasteiger partial charge in [0.15, 0.2) is 5.76 Å². The first-order valence-corrected chi connectivity index (χ1v) is 14.9. The van der Waals surface area contributed by atoms with E-state index in [1.807, 2.05) is 54.6 Å². The van der Waals surface area contributed by atoms with E-state index in [0.717, 1.165) is 29.4 Å². The minimum Gasteiger partial charge on any atom is -0.487 e. The fourth-order valence-electron chi connectivity index (χ4n) is 4.19. The largest absolute Gasteiger partial charge is 0.487 e. The fraction of sp³-hybridized carbons (Fsp3) is 0.0333. The van der Waals surface area contributed by atoms with Crippen molar-refractivity contribution < 1.29 is 9.15 Å². The molecule has 0 saturated carbocycles. The van der Waals surface area contributed by atoms with Crippen molar-refractivity contribution in [3.8, 4) is 17.3 Å². The number of furan rings is 1. The van der Waals surface area contributed by atoms with Crippen molar-refractivity contribution in [2.24, 2.45) is 5.10 Å². The summed E-state index contributed by atoms with van der Waals surface area (Å²) in [5.41, 5.74) is 2.61. The van der Waals surface area contributed by atoms with Gasteiger partial charge in [0.25, 0.3) is 5.56 Å². The lowest BCUT2D eigenvalue weighted by Gasteiger charge is -2.12. The second-order valence-corrected chi connectivity index (χ2v) is 12.0. The van der Waals surface area contributed by atoms with Crippen LogP contribution >= 0.6 is 68.4 Å². The maximum absolute atomic E-state index is 13.5. The molecule has 4 aromatic carbocycles. The summed E-state index contributed by atoms with van der Waals surface area (Å²) in [6.07, 6.45) is 1.63. The molecule has 0 unspecified atom stereocenters. The summed E-state index contributed by atoms with van der Waals surface area (Å²) < 4.78 is 15.2. The number of ether oxygens (including phenoxy) is 1. The Bertz CT molecular complexity index is 1950. The molecule has 0 amide bonds. The van der Waals surface area contributed by atoms with Crippen molar-refractivity contribution >= 4 is 96.5 Å². The van der Waals surface area contributed by atoms with Crippen molar-refractivity contribution in [2.75, 3.05) is 0 Å². The van der Waals surface area contributed by atoms with Crippen molar-refractivity contribution in [3.63, 3.8) is 0 Å². The van der Waals surface area contributed by atoms with Crippen LogP contribution in [0.3, 0.4) is 0 Å². The molecule has 6 nitrogen and oxygen atoms in total. The summed E-state index contributed by atoms with van der Waals surface area (Å²) in [5, 5.41) is 7.08. The van der Waals surface area contributed by atoms with E-state index in [-0.39, 0.29) is 5.56 Å². The highest BCUT2D eigenvalue weighted by Gasteiger charge is 2.17. The van der Waals surface area contributed by atoms with Crippen molar-refractivity contribution in [2.45, 2.75) is 6.61 Å². The van der Waals surface area contributed by atoms with Crippen molar-refractivity contribution in [1.29, 1.82) is 0 Å². The first kappa shape index (κ1) is 27.3. The molecule has 0 aliphatic heterocycles. The zero-order valence-corrected chi connectivity index (χ0v) is 26.3. The Morgan fingerprint density at radius 1 is 0.950 bits per heavy atom. The molecular formula is C30H17Cl2I2N3O3. The lowest BCUT2D eigenvalue weighted by molar-refractivity contribution is 0.302. The van der Waals surface area contributed by atoms with Crippen LogP contribution in [0.25, 0.3) is 33.5 Å². The third-order valence-corrected chi connectivity index (χ3v) is 8.32. The average Bonchev–Trinajstić information content (AvgIpc) is 3.37. The molecule has 198 valence electrons. The first-order valence-electron chi connectivity index (χ1n) is 12.0. The number of halogens is 4. The molecule has 0 saturated heterocycles. The number of benzene rings is 4. The average molecular weight is 792 g/mol. The topological polar surface area (TPSA) is 69.6 Å². The van der Waals surface area contributed by atoms with Gasteiger partial charge < -0.3 is 9.15 Å². The number of fused-ring (bicyclic) bond motifs is 2. The van der Waals surface area contributed by atoms with Gasteiger partial charge in [-0.05, 0) is 99.3 Å². The summed E-state index contributed by atoms with van der Waals surface area (Å²) in [5.74, 6) is 1.51. The Balaban J connectivity index is 1.36. The number of aromatic nitrogens is 2. The van der Waals surface area contributed by atoms with E-state index in [9.17, 15) is 4.79 Å². The van der Waals surface area contributed by atoms with Gasteiger partial charge in [-0.2, -0.15) is 9.78 Å². The van der Waals surface area contributed by atoms with Gasteiger partial charge in [0, 0.05) is 21.0 Å². The normalized spacial score (nSPS) is 11.6. The quantitative estimate of drug-likeness (QED) is 0.125. The van der Waals surface area contributed by atoms with E-state index >= 15 is 0 Å². The summed E-state index contributed by atoms with van der Waals surface area (Å²) in [6, 6.07) is 25.9. The minimum atomic E-state index is -0.290. The molecule has 2 aromatic heterocycles. The smallest absolute Gasteiger partial charge is 0.282 e. The molecule has 0 aliphatic carbocycles. The first-order chi connectivity index (χ1) is 19.4. The molecule has 0 aliphatic rings. The predicted molar refractivity (Wildman–Crippen MR) is 177 cm³/mol. The van der Waals surface area contributed by atoms with E-state index in [1.54, 1.807) is 36.5 Å². The Labute approximate surface area is 265 Å². The Hall–Kier alpha value is -2.93. The molecule has 6 aromatic rings. The highest BCUT2D eigenvalue weighted by atomic mass is 127. The van der Waals surface area contributed by atoms with Crippen LogP contribution in [0.1, 0.15) is 11.1 Å². The lowest BCUT2D eigenvalue weighted by Crippen LogP contribution is -2.20. The van der Waals surface area contributed by atoms with E-state index in [1.165, 1.54) is 4.68 Å². The van der Waals surface area contributed by atoms with E-state index in [0.29, 0.717) is 44.7 Å². The fourth-order valence-corrected chi connectivity index (χ4v) is 6.78. The van der Waals surface area contributed by atoms with E-state index in [4.69, 9.17) is 37.3 Å². The van der Waals surface area contributed by atoms with Gasteiger partial charge >= 0.3 is 0 Å². The number of rotatable bonds is 6. The number of nitrogens with zero attached hydrogens (tertiary/aromatic N) is 3. The third kappa shape index (κ3) is 5.50. The highest BCUT2D eigenvalue weighted by Crippen LogP contribution is 2.31. The second kappa shape index (κ2) is 11.5. The Morgan fingerprint density at radius 3 is 2.48 bits per heavy atom. The van der Waals surface area contributed by atoms with Crippen LogP contribution in [0.2, 0.25) is 10.0 Å². The van der Waals surface area contributed by atoms with Gasteiger partial charge in [-0.15, -0.1) is 0 Å². The van der Waals surface area contributed by atoms with Gasteiger partial charge in [0.05, 0.1) is 24.3 Å². The second-order valence-electron chi connectivity index (χ2n) is 8.80. The predicted octanol–water partition coefficient (Wildman–Crippen LogP) is 8.79. The SMILES string of the molecule is O=c1c2ccccc2nc(-c2cc3ccccc3o2)n1N=Cc1cc(I)c(OCc2ccc(Cl)cc2Cl)c(I)c1. The third-order valence-electron chi connectivity index (χ3n) is 6.13. The zero-order valence-electron chi connectivity index (χ0n) is 20.4. The molecule has 0 bridgehead atoms. The molecule has 0 spiro atoms. The molecule has 40 heavy (non-hydrogen) atoms. The molecule has 0 radical (unpaired) electrons. The maximum Gasteiger partial charge on any atom is 0.282 e. The monoisotopic (exact) mass is 791 g/mol. The minimum absolute atomic E-state index is 0.290. The lowest BCUT2D eigenvalue weighted by atomic mass is 10.2. The van der Waals surface area contributed by atoms with Crippen LogP contribution in [0, 0.1) is 7.14 Å². The number of hydrogen-bond donors (Lipinski definition) is 0. The zero-order chi connectivity index (χ0) is 27.8. The summed E-state index contributed by atoms with van der Waals surface area (Å²) in [4.78, 5) is 18.3. The van der Waals surface area contributed by atoms with Crippen LogP contribution in [0.4, 0.5) is 0 Å². The van der Waals surface area contributed by atoms with Crippen LogP contribution in [-0.2, 0) is 6.61 Å². The van der Waals surface area contributed by atoms with Gasteiger partial charge in [-0.3, -0.25) is 4.79 Å². The van der Waals surface area contributed by atoms with Crippen LogP contribution in [-0.4, -0.2) is 15.9 Å². The Morgan fingerprint density at radius 2 is 1.70 bits per heavy atom. The van der Waals surface area contributed by atoms with Crippen LogP contribution in [0.5, 0.6) is 5.75 Å². The van der Waals surface area contributed by atoms with Gasteiger partial charge in [0.2, 0.25) is 5.82 Å². The molecule has 0 N–H and O–H groups in total. The van der Waals surface area contributed by atoms with E-state index < -0.39 is 0 Å². The number of hydrogen-bond acceptors (Lipinski definition) is 5. The Kier molecular flexibility index (Phi) is 7.84. The van der Waals surface area contributed by atoms with Crippen LogP contribution < -0.4 is 10.3 Å². The standard InChI is InChI=1S/C30H17Cl2I2N3O3/c31-20-10-9-19(22(32)14-20)16-39-28-23(33)11-17(12-24(28)34)15-35-37-29(27-13-18-5-1-4-8-26(18)40-27)36-25-7-3-2-6-21(25)30(37)38/h1-15H,16H2. The summed E-state index contributed by atoms with van der Waals surface area (Å²) >= 11 is 16.8. The summed E-state index contributed by atoms with van der Waals surface area (Å²) in [7, 11) is 0. The van der Waals surface area contributed by atoms with Crippen molar-refractivity contribution in [1.82, 2.24) is 9.66 Å². The maximum atomic E-state index is 13.5. The molecule has 0 fully saturated rings. The highest BCUT2D eigenvalue weighted by molar-refractivity contribution is 14.1. The summed E-state index contributed by atoms with van der Waals surface area (Å²) in [6.45, 7) is 0.300. The molecule has 2 heterocycles.